The van der Waals surface area contributed by atoms with Gasteiger partial charge in [-0.1, -0.05) is 25.4 Å². The molecule has 2 aromatic rings. The van der Waals surface area contributed by atoms with Crippen molar-refractivity contribution in [2.45, 2.75) is 26.7 Å². The number of hydrogen-bond donors (Lipinski definition) is 0. The second-order valence-corrected chi connectivity index (χ2v) is 6.02. The molecule has 0 aliphatic carbocycles. The maximum absolute atomic E-state index is 12.0. The fourth-order valence-corrected chi connectivity index (χ4v) is 2.43. The van der Waals surface area contributed by atoms with Gasteiger partial charge in [-0.15, -0.1) is 0 Å². The van der Waals surface area contributed by atoms with Gasteiger partial charge in [0, 0.05) is 9.50 Å². The summed E-state index contributed by atoms with van der Waals surface area (Å²) in [4.78, 5) is 16.4. The van der Waals surface area contributed by atoms with Gasteiger partial charge in [-0.3, -0.25) is 0 Å². The van der Waals surface area contributed by atoms with Crippen molar-refractivity contribution in [2.24, 2.45) is 0 Å². The number of aromatic nitrogens is 1. The molecule has 0 saturated carbocycles. The van der Waals surface area contributed by atoms with Crippen LogP contribution >= 0.6 is 27.5 Å². The van der Waals surface area contributed by atoms with Crippen molar-refractivity contribution >= 4 is 33.5 Å². The van der Waals surface area contributed by atoms with Gasteiger partial charge in [0.25, 0.3) is 0 Å². The molecule has 112 valence electrons. The number of nitrogens with zero attached hydrogens (tertiary/aromatic N) is 1. The molecule has 0 aliphatic heterocycles. The number of carbonyl (C=O) groups excluding carboxylic acids is 1. The molecule has 21 heavy (non-hydrogen) atoms. The molecule has 0 amide bonds. The Labute approximate surface area is 136 Å². The molecular formula is C15H15BrClNO3. The molecule has 0 bridgehead atoms. The molecule has 0 atom stereocenters. The molecule has 1 heterocycles. The van der Waals surface area contributed by atoms with E-state index in [2.05, 4.69) is 20.9 Å². The molecule has 0 N–H and O–H groups in total. The van der Waals surface area contributed by atoms with Crippen molar-refractivity contribution in [3.05, 3.63) is 39.1 Å². The summed E-state index contributed by atoms with van der Waals surface area (Å²) < 4.78 is 11.4. The summed E-state index contributed by atoms with van der Waals surface area (Å²) in [5.41, 5.74) is 1.27. The minimum absolute atomic E-state index is 0.0415. The van der Waals surface area contributed by atoms with Gasteiger partial charge in [-0.25, -0.2) is 9.78 Å². The molecule has 0 spiro atoms. The third-order valence-electron chi connectivity index (χ3n) is 2.82. The van der Waals surface area contributed by atoms with E-state index in [1.54, 1.807) is 25.1 Å². The Morgan fingerprint density at radius 1 is 1.48 bits per heavy atom. The van der Waals surface area contributed by atoms with Gasteiger partial charge >= 0.3 is 5.97 Å². The molecule has 6 heteroatoms. The summed E-state index contributed by atoms with van der Waals surface area (Å²) in [5.74, 6) is 0.0304. The molecule has 0 unspecified atom stereocenters. The van der Waals surface area contributed by atoms with Crippen LogP contribution in [0.25, 0.3) is 11.5 Å². The van der Waals surface area contributed by atoms with Crippen LogP contribution in [0.5, 0.6) is 0 Å². The van der Waals surface area contributed by atoms with E-state index in [1.165, 1.54) is 0 Å². The fraction of sp³-hybridized carbons (Fsp3) is 0.333. The van der Waals surface area contributed by atoms with Gasteiger partial charge in [0.2, 0.25) is 11.7 Å². The minimum Gasteiger partial charge on any atom is -0.460 e. The van der Waals surface area contributed by atoms with Crippen LogP contribution in [0.1, 0.15) is 42.9 Å². The van der Waals surface area contributed by atoms with Crippen LogP contribution in [0, 0.1) is 0 Å². The highest BCUT2D eigenvalue weighted by Gasteiger charge is 2.24. The summed E-state index contributed by atoms with van der Waals surface area (Å²) in [5, 5.41) is 0.565. The third-order valence-corrected chi connectivity index (χ3v) is 3.75. The van der Waals surface area contributed by atoms with Crippen LogP contribution < -0.4 is 0 Å². The smallest absolute Gasteiger partial charge is 0.376 e. The van der Waals surface area contributed by atoms with E-state index in [0.717, 1.165) is 4.47 Å². The summed E-state index contributed by atoms with van der Waals surface area (Å²) in [6.45, 7) is 5.92. The standard InChI is InChI=1S/C15H15BrClNO3/c1-4-20-15(19)13-12(8(2)3)18-14(21-13)10-7-9(17)5-6-11(10)16/h5-8H,4H2,1-3H3. The van der Waals surface area contributed by atoms with Crippen LogP contribution in [0.3, 0.4) is 0 Å². The monoisotopic (exact) mass is 371 g/mol. The average Bonchev–Trinajstić information content (AvgIpc) is 2.87. The summed E-state index contributed by atoms with van der Waals surface area (Å²) in [7, 11) is 0. The number of esters is 1. The van der Waals surface area contributed by atoms with Gasteiger partial charge in [-0.05, 0) is 47.0 Å². The van der Waals surface area contributed by atoms with Crippen LogP contribution in [-0.4, -0.2) is 17.6 Å². The molecular weight excluding hydrogens is 358 g/mol. The predicted molar refractivity (Wildman–Crippen MR) is 84.7 cm³/mol. The number of rotatable bonds is 4. The molecule has 4 nitrogen and oxygen atoms in total. The summed E-state index contributed by atoms with van der Waals surface area (Å²) >= 11 is 9.44. The summed E-state index contributed by atoms with van der Waals surface area (Å²) in [6.07, 6.45) is 0. The Morgan fingerprint density at radius 2 is 2.19 bits per heavy atom. The number of benzene rings is 1. The average molecular weight is 373 g/mol. The lowest BCUT2D eigenvalue weighted by Crippen LogP contribution is -2.07. The van der Waals surface area contributed by atoms with Crippen molar-refractivity contribution in [3.8, 4) is 11.5 Å². The molecule has 0 aliphatic rings. The van der Waals surface area contributed by atoms with E-state index in [0.29, 0.717) is 22.2 Å². The zero-order valence-corrected chi connectivity index (χ0v) is 14.3. The van der Waals surface area contributed by atoms with Gasteiger partial charge in [0.1, 0.15) is 0 Å². The third kappa shape index (κ3) is 3.47. The van der Waals surface area contributed by atoms with Gasteiger partial charge in [0.15, 0.2) is 0 Å². The predicted octanol–water partition coefficient (Wildman–Crippen LogP) is 5.06. The van der Waals surface area contributed by atoms with E-state index in [-0.39, 0.29) is 18.3 Å². The highest BCUT2D eigenvalue weighted by Crippen LogP contribution is 2.33. The second-order valence-electron chi connectivity index (χ2n) is 4.73. The Hall–Kier alpha value is -1.33. The molecule has 2 rings (SSSR count). The number of halogens is 2. The Balaban J connectivity index is 2.53. The van der Waals surface area contributed by atoms with Gasteiger partial charge < -0.3 is 9.15 Å². The van der Waals surface area contributed by atoms with Crippen LogP contribution in [0.2, 0.25) is 5.02 Å². The van der Waals surface area contributed by atoms with Crippen molar-refractivity contribution in [1.82, 2.24) is 4.98 Å². The first-order valence-electron chi connectivity index (χ1n) is 6.57. The first-order chi connectivity index (χ1) is 9.93. The number of ether oxygens (including phenoxy) is 1. The van der Waals surface area contributed by atoms with E-state index in [9.17, 15) is 4.79 Å². The van der Waals surface area contributed by atoms with Crippen LogP contribution in [-0.2, 0) is 4.74 Å². The topological polar surface area (TPSA) is 52.3 Å². The number of carbonyl (C=O) groups is 1. The lowest BCUT2D eigenvalue weighted by Gasteiger charge is -2.02. The Morgan fingerprint density at radius 3 is 2.81 bits per heavy atom. The van der Waals surface area contributed by atoms with Crippen molar-refractivity contribution in [1.29, 1.82) is 0 Å². The lowest BCUT2D eigenvalue weighted by molar-refractivity contribution is 0.0488. The molecule has 0 saturated heterocycles. The number of oxazole rings is 1. The molecule has 1 aromatic carbocycles. The van der Waals surface area contributed by atoms with Gasteiger partial charge in [0.05, 0.1) is 17.9 Å². The molecule has 1 aromatic heterocycles. The fourth-order valence-electron chi connectivity index (χ4n) is 1.84. The SMILES string of the molecule is CCOC(=O)c1oc(-c2cc(Cl)ccc2Br)nc1C(C)C. The maximum Gasteiger partial charge on any atom is 0.376 e. The first kappa shape index (κ1) is 16.0. The molecule has 0 fully saturated rings. The van der Waals surface area contributed by atoms with Gasteiger partial charge in [-0.2, -0.15) is 0 Å². The second kappa shape index (κ2) is 6.62. The van der Waals surface area contributed by atoms with Crippen LogP contribution in [0.15, 0.2) is 27.1 Å². The van der Waals surface area contributed by atoms with E-state index >= 15 is 0 Å². The first-order valence-corrected chi connectivity index (χ1v) is 7.74. The molecule has 0 radical (unpaired) electrons. The summed E-state index contributed by atoms with van der Waals surface area (Å²) in [6, 6.07) is 5.30. The highest BCUT2D eigenvalue weighted by atomic mass is 79.9. The lowest BCUT2D eigenvalue weighted by atomic mass is 10.1. The largest absolute Gasteiger partial charge is 0.460 e. The highest BCUT2D eigenvalue weighted by molar-refractivity contribution is 9.10. The van der Waals surface area contributed by atoms with Crippen molar-refractivity contribution in [2.75, 3.05) is 6.61 Å². The van der Waals surface area contributed by atoms with Crippen molar-refractivity contribution < 1.29 is 13.9 Å². The van der Waals surface area contributed by atoms with E-state index < -0.39 is 5.97 Å². The quantitative estimate of drug-likeness (QED) is 0.704. The van der Waals surface area contributed by atoms with Crippen molar-refractivity contribution in [3.63, 3.8) is 0 Å². The Bertz CT molecular complexity index is 667. The normalized spacial score (nSPS) is 11.0. The zero-order valence-electron chi connectivity index (χ0n) is 11.9. The van der Waals surface area contributed by atoms with E-state index in [4.69, 9.17) is 20.8 Å². The number of hydrogen-bond acceptors (Lipinski definition) is 4. The Kier molecular flexibility index (Phi) is 5.06. The zero-order chi connectivity index (χ0) is 15.6. The van der Waals surface area contributed by atoms with Crippen LogP contribution in [0.4, 0.5) is 0 Å². The maximum atomic E-state index is 12.0. The van der Waals surface area contributed by atoms with E-state index in [1.807, 2.05) is 13.8 Å². The minimum atomic E-state index is -0.502.